The summed E-state index contributed by atoms with van der Waals surface area (Å²) in [6.45, 7) is 8.54. The molecule has 0 aromatic carbocycles. The molecule has 14 heavy (non-hydrogen) atoms. The molecule has 2 unspecified atom stereocenters. The van der Waals surface area contributed by atoms with Gasteiger partial charge in [-0.3, -0.25) is 0 Å². The van der Waals surface area contributed by atoms with E-state index in [2.05, 4.69) is 26.1 Å². The summed E-state index contributed by atoms with van der Waals surface area (Å²) in [5.74, 6) is 0.987. The van der Waals surface area contributed by atoms with E-state index in [1.807, 2.05) is 0 Å². The highest BCUT2D eigenvalue weighted by atomic mass is 16.5. The topological polar surface area (TPSA) is 21.3 Å². The van der Waals surface area contributed by atoms with Crippen molar-refractivity contribution in [3.63, 3.8) is 0 Å². The predicted octanol–water partition coefficient (Wildman–Crippen LogP) is 2.58. The van der Waals surface area contributed by atoms with E-state index in [1.54, 1.807) is 0 Å². The Morgan fingerprint density at radius 2 is 2.07 bits per heavy atom. The van der Waals surface area contributed by atoms with Gasteiger partial charge in [0.15, 0.2) is 0 Å². The van der Waals surface area contributed by atoms with Crippen molar-refractivity contribution in [3.05, 3.63) is 0 Å². The zero-order valence-corrected chi connectivity index (χ0v) is 9.88. The lowest BCUT2D eigenvalue weighted by molar-refractivity contribution is 0.0349. The first-order valence-corrected chi connectivity index (χ1v) is 6.12. The molecule has 0 spiro atoms. The second kappa shape index (κ2) is 6.41. The van der Waals surface area contributed by atoms with Gasteiger partial charge < -0.3 is 10.1 Å². The molecule has 0 aliphatic heterocycles. The number of ether oxygens (including phenoxy) is 1. The van der Waals surface area contributed by atoms with Crippen molar-refractivity contribution in [1.29, 1.82) is 0 Å². The predicted molar refractivity (Wildman–Crippen MR) is 60.5 cm³/mol. The molecule has 1 aliphatic carbocycles. The molecule has 0 amide bonds. The van der Waals surface area contributed by atoms with Crippen LogP contribution in [0.15, 0.2) is 0 Å². The summed E-state index contributed by atoms with van der Waals surface area (Å²) in [4.78, 5) is 0. The lowest BCUT2D eigenvalue weighted by Crippen LogP contribution is -2.39. The Hall–Kier alpha value is -0.0800. The Bertz CT molecular complexity index is 145. The normalized spacial score (nSPS) is 20.8. The summed E-state index contributed by atoms with van der Waals surface area (Å²) in [7, 11) is 0. The van der Waals surface area contributed by atoms with Crippen molar-refractivity contribution in [2.75, 3.05) is 13.2 Å². The van der Waals surface area contributed by atoms with Gasteiger partial charge >= 0.3 is 0 Å². The quantitative estimate of drug-likeness (QED) is 0.649. The van der Waals surface area contributed by atoms with Crippen LogP contribution in [0.1, 0.15) is 46.5 Å². The van der Waals surface area contributed by atoms with E-state index in [0.717, 1.165) is 25.5 Å². The molecular formula is C12H25NO. The van der Waals surface area contributed by atoms with Crippen LogP contribution in [0.4, 0.5) is 0 Å². The average molecular weight is 199 g/mol. The Balaban J connectivity index is 2.06. The molecule has 2 nitrogen and oxygen atoms in total. The largest absolute Gasteiger partial charge is 0.377 e. The number of rotatable bonds is 8. The van der Waals surface area contributed by atoms with Crippen molar-refractivity contribution in [2.24, 2.45) is 5.92 Å². The van der Waals surface area contributed by atoms with E-state index in [1.165, 1.54) is 19.3 Å². The Kier molecular flexibility index (Phi) is 5.49. The first-order valence-electron chi connectivity index (χ1n) is 6.12. The highest BCUT2D eigenvalue weighted by molar-refractivity contribution is 4.74. The molecule has 84 valence electrons. The maximum atomic E-state index is 5.84. The molecule has 0 aromatic heterocycles. The Morgan fingerprint density at radius 1 is 1.36 bits per heavy atom. The number of hydrogen-bond acceptors (Lipinski definition) is 2. The van der Waals surface area contributed by atoms with Gasteiger partial charge in [-0.05, 0) is 32.2 Å². The summed E-state index contributed by atoms with van der Waals surface area (Å²) in [6.07, 6.45) is 5.65. The van der Waals surface area contributed by atoms with Crippen molar-refractivity contribution in [3.8, 4) is 0 Å². The van der Waals surface area contributed by atoms with E-state index in [9.17, 15) is 0 Å². The van der Waals surface area contributed by atoms with Crippen molar-refractivity contribution < 1.29 is 4.74 Å². The molecule has 0 saturated heterocycles. The van der Waals surface area contributed by atoms with E-state index in [-0.39, 0.29) is 0 Å². The summed E-state index contributed by atoms with van der Waals surface area (Å²) in [5.41, 5.74) is 0. The maximum absolute atomic E-state index is 5.84. The van der Waals surface area contributed by atoms with Crippen LogP contribution in [-0.2, 0) is 4.74 Å². The fraction of sp³-hybridized carbons (Fsp3) is 1.00. The zero-order chi connectivity index (χ0) is 10.4. The van der Waals surface area contributed by atoms with Gasteiger partial charge in [0.25, 0.3) is 0 Å². The minimum Gasteiger partial charge on any atom is -0.377 e. The van der Waals surface area contributed by atoms with Crippen LogP contribution in [0.25, 0.3) is 0 Å². The van der Waals surface area contributed by atoms with Gasteiger partial charge in [-0.1, -0.05) is 26.7 Å². The molecule has 0 bridgehead atoms. The van der Waals surface area contributed by atoms with Gasteiger partial charge in [0, 0.05) is 12.6 Å². The van der Waals surface area contributed by atoms with E-state index < -0.39 is 0 Å². The van der Waals surface area contributed by atoms with Gasteiger partial charge in [0.1, 0.15) is 0 Å². The SMILES string of the molecule is CCNC(CC)C(C)OCCC1CC1. The van der Waals surface area contributed by atoms with Gasteiger partial charge in [0.2, 0.25) is 0 Å². The average Bonchev–Trinajstić information content (AvgIpc) is 2.97. The van der Waals surface area contributed by atoms with Crippen LogP contribution >= 0.6 is 0 Å². The van der Waals surface area contributed by atoms with Crippen LogP contribution < -0.4 is 5.32 Å². The molecule has 1 N–H and O–H groups in total. The molecule has 2 atom stereocenters. The third kappa shape index (κ3) is 4.43. The maximum Gasteiger partial charge on any atom is 0.0699 e. The van der Waals surface area contributed by atoms with Crippen molar-refractivity contribution in [2.45, 2.75) is 58.6 Å². The van der Waals surface area contributed by atoms with Gasteiger partial charge in [-0.15, -0.1) is 0 Å². The van der Waals surface area contributed by atoms with Crippen LogP contribution in [0.3, 0.4) is 0 Å². The third-order valence-electron chi connectivity index (χ3n) is 3.08. The lowest BCUT2D eigenvalue weighted by atomic mass is 10.1. The fourth-order valence-electron chi connectivity index (χ4n) is 1.85. The van der Waals surface area contributed by atoms with Crippen molar-refractivity contribution in [1.82, 2.24) is 5.32 Å². The van der Waals surface area contributed by atoms with Gasteiger partial charge in [-0.2, -0.15) is 0 Å². The van der Waals surface area contributed by atoms with Crippen molar-refractivity contribution >= 4 is 0 Å². The second-order valence-corrected chi connectivity index (χ2v) is 4.38. The first-order chi connectivity index (χ1) is 6.77. The number of likely N-dealkylation sites (N-methyl/N-ethyl adjacent to an activating group) is 1. The van der Waals surface area contributed by atoms with E-state index in [0.29, 0.717) is 12.1 Å². The zero-order valence-electron chi connectivity index (χ0n) is 9.88. The van der Waals surface area contributed by atoms with Crippen LogP contribution in [-0.4, -0.2) is 25.3 Å². The van der Waals surface area contributed by atoms with Crippen LogP contribution in [0, 0.1) is 5.92 Å². The monoisotopic (exact) mass is 199 g/mol. The molecular weight excluding hydrogens is 174 g/mol. The summed E-state index contributed by atoms with van der Waals surface area (Å²) < 4.78 is 5.84. The minimum atomic E-state index is 0.360. The Morgan fingerprint density at radius 3 is 2.57 bits per heavy atom. The lowest BCUT2D eigenvalue weighted by Gasteiger charge is -2.23. The summed E-state index contributed by atoms with van der Waals surface area (Å²) in [5, 5.41) is 3.46. The molecule has 0 aromatic rings. The first kappa shape index (κ1) is 12.0. The summed E-state index contributed by atoms with van der Waals surface area (Å²) in [6, 6.07) is 0.527. The standard InChI is InChI=1S/C12H25NO/c1-4-12(13-5-2)10(3)14-9-8-11-6-7-11/h10-13H,4-9H2,1-3H3. The minimum absolute atomic E-state index is 0.360. The Labute approximate surface area is 88.4 Å². The molecule has 0 heterocycles. The highest BCUT2D eigenvalue weighted by Crippen LogP contribution is 2.32. The highest BCUT2D eigenvalue weighted by Gasteiger charge is 2.21. The van der Waals surface area contributed by atoms with Gasteiger partial charge in [0.05, 0.1) is 6.10 Å². The number of hydrogen-bond donors (Lipinski definition) is 1. The second-order valence-electron chi connectivity index (χ2n) is 4.38. The third-order valence-corrected chi connectivity index (χ3v) is 3.08. The number of nitrogens with one attached hydrogen (secondary N) is 1. The molecule has 0 radical (unpaired) electrons. The molecule has 1 rings (SSSR count). The molecule has 1 saturated carbocycles. The van der Waals surface area contributed by atoms with Crippen LogP contribution in [0.5, 0.6) is 0 Å². The van der Waals surface area contributed by atoms with Gasteiger partial charge in [-0.25, -0.2) is 0 Å². The smallest absolute Gasteiger partial charge is 0.0699 e. The van der Waals surface area contributed by atoms with E-state index >= 15 is 0 Å². The van der Waals surface area contributed by atoms with Crippen LogP contribution in [0.2, 0.25) is 0 Å². The van der Waals surface area contributed by atoms with E-state index in [4.69, 9.17) is 4.74 Å². The molecule has 1 fully saturated rings. The molecule has 1 aliphatic rings. The molecule has 2 heteroatoms. The summed E-state index contributed by atoms with van der Waals surface area (Å²) >= 11 is 0. The fourth-order valence-corrected chi connectivity index (χ4v) is 1.85.